The Bertz CT molecular complexity index is 277. The smallest absolute Gasteiger partial charge is 0.190 e. The molecule has 2 rings (SSSR count). The van der Waals surface area contributed by atoms with Crippen LogP contribution < -0.4 is 10.6 Å². The average molecular weight is 251 g/mol. The summed E-state index contributed by atoms with van der Waals surface area (Å²) in [5.74, 6) is 2.01. The number of guanidine groups is 1. The van der Waals surface area contributed by atoms with Gasteiger partial charge in [-0.05, 0) is 43.4 Å². The van der Waals surface area contributed by atoms with Crippen LogP contribution in [-0.2, 0) is 0 Å². The minimum atomic E-state index is 0.626. The molecule has 3 nitrogen and oxygen atoms in total. The first kappa shape index (κ1) is 13.7. The van der Waals surface area contributed by atoms with Crippen molar-refractivity contribution >= 4 is 5.96 Å². The van der Waals surface area contributed by atoms with Gasteiger partial charge in [0.1, 0.15) is 0 Å². The highest BCUT2D eigenvalue weighted by Crippen LogP contribution is 2.56. The summed E-state index contributed by atoms with van der Waals surface area (Å²) >= 11 is 0. The number of hydrogen-bond acceptors (Lipinski definition) is 1. The van der Waals surface area contributed by atoms with E-state index >= 15 is 0 Å². The van der Waals surface area contributed by atoms with Gasteiger partial charge in [-0.2, -0.15) is 0 Å². The van der Waals surface area contributed by atoms with E-state index in [9.17, 15) is 0 Å². The lowest BCUT2D eigenvalue weighted by molar-refractivity contribution is 0.106. The van der Waals surface area contributed by atoms with E-state index in [0.717, 1.165) is 25.0 Å². The zero-order valence-electron chi connectivity index (χ0n) is 12.1. The molecule has 2 aliphatic carbocycles. The third-order valence-electron chi connectivity index (χ3n) is 4.70. The summed E-state index contributed by atoms with van der Waals surface area (Å²) in [7, 11) is 1.87. The number of nitrogens with zero attached hydrogens (tertiary/aromatic N) is 1. The molecular formula is C15H29N3. The predicted octanol–water partition coefficient (Wildman–Crippen LogP) is 2.92. The molecule has 0 aromatic carbocycles. The van der Waals surface area contributed by atoms with Crippen molar-refractivity contribution in [2.45, 2.75) is 58.3 Å². The maximum atomic E-state index is 4.32. The van der Waals surface area contributed by atoms with Crippen molar-refractivity contribution in [3.05, 3.63) is 0 Å². The summed E-state index contributed by atoms with van der Waals surface area (Å²) in [4.78, 5) is 4.32. The lowest BCUT2D eigenvalue weighted by atomic mass is 9.65. The molecule has 2 saturated carbocycles. The highest BCUT2D eigenvalue weighted by atomic mass is 15.2. The van der Waals surface area contributed by atoms with E-state index in [-0.39, 0.29) is 0 Å². The lowest BCUT2D eigenvalue weighted by Gasteiger charge is -2.43. The third-order valence-corrected chi connectivity index (χ3v) is 4.70. The Hall–Kier alpha value is -0.730. The van der Waals surface area contributed by atoms with Crippen LogP contribution in [-0.4, -0.2) is 26.1 Å². The molecule has 0 aliphatic heterocycles. The first-order valence-electron chi connectivity index (χ1n) is 7.75. The van der Waals surface area contributed by atoms with Gasteiger partial charge in [-0.15, -0.1) is 0 Å². The summed E-state index contributed by atoms with van der Waals surface area (Å²) in [6, 6.07) is 0. The number of nitrogens with one attached hydrogen (secondary N) is 2. The number of hydrogen-bond donors (Lipinski definition) is 2. The molecule has 2 fully saturated rings. The third kappa shape index (κ3) is 3.39. The Morgan fingerprint density at radius 3 is 2.50 bits per heavy atom. The molecular weight excluding hydrogens is 222 g/mol. The van der Waals surface area contributed by atoms with Crippen LogP contribution in [0, 0.1) is 11.3 Å². The Kier molecular flexibility index (Phi) is 4.90. The molecule has 3 heteroatoms. The van der Waals surface area contributed by atoms with Crippen molar-refractivity contribution in [1.29, 1.82) is 0 Å². The van der Waals surface area contributed by atoms with Gasteiger partial charge in [-0.1, -0.05) is 26.2 Å². The number of unbranched alkanes of at least 4 members (excludes halogenated alkanes) is 2. The molecule has 18 heavy (non-hydrogen) atoms. The van der Waals surface area contributed by atoms with Crippen LogP contribution >= 0.6 is 0 Å². The van der Waals surface area contributed by atoms with Crippen LogP contribution in [0.2, 0.25) is 0 Å². The van der Waals surface area contributed by atoms with Crippen LogP contribution in [0.25, 0.3) is 0 Å². The van der Waals surface area contributed by atoms with Gasteiger partial charge in [-0.3, -0.25) is 4.99 Å². The zero-order chi connectivity index (χ0) is 12.8. The normalized spacial score (nSPS) is 22.4. The molecule has 0 radical (unpaired) electrons. The van der Waals surface area contributed by atoms with E-state index in [2.05, 4.69) is 22.5 Å². The van der Waals surface area contributed by atoms with E-state index in [1.54, 1.807) is 0 Å². The summed E-state index contributed by atoms with van der Waals surface area (Å²) in [6.07, 6.45) is 11.0. The fourth-order valence-electron chi connectivity index (χ4n) is 3.12. The summed E-state index contributed by atoms with van der Waals surface area (Å²) in [5.41, 5.74) is 0.626. The number of aliphatic imine (C=N–C) groups is 1. The molecule has 0 aromatic rings. The van der Waals surface area contributed by atoms with E-state index in [4.69, 9.17) is 0 Å². The first-order valence-corrected chi connectivity index (χ1v) is 7.75. The second kappa shape index (κ2) is 6.44. The molecule has 0 atom stereocenters. The maximum Gasteiger partial charge on any atom is 0.190 e. The highest BCUT2D eigenvalue weighted by Gasteiger charge is 2.48. The second-order valence-electron chi connectivity index (χ2n) is 6.05. The Morgan fingerprint density at radius 2 is 2.00 bits per heavy atom. The fraction of sp³-hybridized carbons (Fsp3) is 0.933. The molecule has 0 bridgehead atoms. The van der Waals surface area contributed by atoms with Gasteiger partial charge in [0.15, 0.2) is 5.96 Å². The summed E-state index contributed by atoms with van der Waals surface area (Å²) in [5, 5.41) is 6.97. The first-order chi connectivity index (χ1) is 8.80. The molecule has 0 unspecified atom stereocenters. The van der Waals surface area contributed by atoms with Crippen molar-refractivity contribution in [2.75, 3.05) is 20.1 Å². The highest BCUT2D eigenvalue weighted by molar-refractivity contribution is 5.79. The van der Waals surface area contributed by atoms with Gasteiger partial charge in [0.2, 0.25) is 0 Å². The Morgan fingerprint density at radius 1 is 1.22 bits per heavy atom. The van der Waals surface area contributed by atoms with E-state index in [1.165, 1.54) is 51.4 Å². The molecule has 0 saturated heterocycles. The van der Waals surface area contributed by atoms with E-state index in [1.807, 2.05) is 7.05 Å². The second-order valence-corrected chi connectivity index (χ2v) is 6.05. The van der Waals surface area contributed by atoms with Crippen molar-refractivity contribution < 1.29 is 0 Å². The Balaban J connectivity index is 1.67. The quantitative estimate of drug-likeness (QED) is 0.415. The average Bonchev–Trinajstić information content (AvgIpc) is 3.15. The topological polar surface area (TPSA) is 36.4 Å². The molecule has 2 N–H and O–H groups in total. The molecule has 2 aliphatic rings. The maximum absolute atomic E-state index is 4.32. The van der Waals surface area contributed by atoms with Gasteiger partial charge in [0, 0.05) is 20.1 Å². The standard InChI is InChI=1S/C15H29N3/c1-3-4-5-11-17-14(16-2)18-12-15(9-6-10-15)13-7-8-13/h13H,3-12H2,1-2H3,(H2,16,17,18). The summed E-state index contributed by atoms with van der Waals surface area (Å²) in [6.45, 7) is 4.41. The number of rotatable bonds is 7. The van der Waals surface area contributed by atoms with Crippen LogP contribution in [0.15, 0.2) is 4.99 Å². The van der Waals surface area contributed by atoms with Crippen molar-refractivity contribution in [3.63, 3.8) is 0 Å². The van der Waals surface area contributed by atoms with Crippen molar-refractivity contribution in [1.82, 2.24) is 10.6 Å². The largest absolute Gasteiger partial charge is 0.356 e. The zero-order valence-corrected chi connectivity index (χ0v) is 12.1. The monoisotopic (exact) mass is 251 g/mol. The molecule has 0 heterocycles. The molecule has 0 amide bonds. The minimum Gasteiger partial charge on any atom is -0.356 e. The lowest BCUT2D eigenvalue weighted by Crippen LogP contribution is -2.47. The van der Waals surface area contributed by atoms with Crippen molar-refractivity contribution in [3.8, 4) is 0 Å². The SMILES string of the molecule is CCCCCNC(=NC)NCC1(C2CC2)CCC1. The van der Waals surface area contributed by atoms with Gasteiger partial charge in [0.25, 0.3) is 0 Å². The predicted molar refractivity (Wildman–Crippen MR) is 77.9 cm³/mol. The van der Waals surface area contributed by atoms with Gasteiger partial charge >= 0.3 is 0 Å². The van der Waals surface area contributed by atoms with Crippen LogP contribution in [0.5, 0.6) is 0 Å². The van der Waals surface area contributed by atoms with Crippen LogP contribution in [0.3, 0.4) is 0 Å². The van der Waals surface area contributed by atoms with Crippen LogP contribution in [0.4, 0.5) is 0 Å². The summed E-state index contributed by atoms with van der Waals surface area (Å²) < 4.78 is 0. The van der Waals surface area contributed by atoms with Crippen LogP contribution in [0.1, 0.15) is 58.3 Å². The molecule has 0 spiro atoms. The van der Waals surface area contributed by atoms with E-state index in [0.29, 0.717) is 5.41 Å². The van der Waals surface area contributed by atoms with Crippen molar-refractivity contribution in [2.24, 2.45) is 16.3 Å². The van der Waals surface area contributed by atoms with E-state index < -0.39 is 0 Å². The van der Waals surface area contributed by atoms with Gasteiger partial charge in [0.05, 0.1) is 0 Å². The van der Waals surface area contributed by atoms with Gasteiger partial charge in [-0.25, -0.2) is 0 Å². The fourth-order valence-corrected chi connectivity index (χ4v) is 3.12. The molecule has 104 valence electrons. The minimum absolute atomic E-state index is 0.626. The molecule has 0 aromatic heterocycles. The van der Waals surface area contributed by atoms with Gasteiger partial charge < -0.3 is 10.6 Å². The Labute approximate surface area is 112 Å².